The maximum absolute atomic E-state index is 6.18. The molecule has 1 saturated carbocycles. The molecule has 2 heteroatoms. The number of furan rings is 1. The zero-order valence-corrected chi connectivity index (χ0v) is 13.7. The van der Waals surface area contributed by atoms with Gasteiger partial charge in [0, 0.05) is 5.39 Å². The summed E-state index contributed by atoms with van der Waals surface area (Å²) in [6.45, 7) is 10.1. The first-order valence-corrected chi connectivity index (χ1v) is 8.25. The van der Waals surface area contributed by atoms with Crippen LogP contribution in [0.2, 0.25) is 0 Å². The van der Waals surface area contributed by atoms with Gasteiger partial charge in [0.2, 0.25) is 0 Å². The van der Waals surface area contributed by atoms with E-state index in [0.29, 0.717) is 17.4 Å². The van der Waals surface area contributed by atoms with Crippen LogP contribution in [0.1, 0.15) is 57.4 Å². The normalized spacial score (nSPS) is 22.8. The minimum Gasteiger partial charge on any atom is -0.459 e. The van der Waals surface area contributed by atoms with Gasteiger partial charge in [0.25, 0.3) is 0 Å². The van der Waals surface area contributed by atoms with Gasteiger partial charge in [0.1, 0.15) is 11.3 Å². The van der Waals surface area contributed by atoms with Crippen molar-refractivity contribution in [3.63, 3.8) is 0 Å². The monoisotopic (exact) mass is 285 g/mol. The molecule has 0 radical (unpaired) electrons. The molecule has 1 aromatic heterocycles. The molecule has 21 heavy (non-hydrogen) atoms. The van der Waals surface area contributed by atoms with E-state index in [4.69, 9.17) is 4.42 Å². The summed E-state index contributed by atoms with van der Waals surface area (Å²) in [6.07, 6.45) is 3.94. The van der Waals surface area contributed by atoms with Gasteiger partial charge >= 0.3 is 0 Å². The topological polar surface area (TPSA) is 25.2 Å². The van der Waals surface area contributed by atoms with Crippen LogP contribution in [0, 0.1) is 18.3 Å². The van der Waals surface area contributed by atoms with Crippen molar-refractivity contribution in [2.45, 2.75) is 53.0 Å². The summed E-state index contributed by atoms with van der Waals surface area (Å²) in [5.74, 6) is 1.76. The summed E-state index contributed by atoms with van der Waals surface area (Å²) < 4.78 is 6.18. The van der Waals surface area contributed by atoms with Gasteiger partial charge in [-0.25, -0.2) is 0 Å². The number of fused-ring (bicyclic) bond motifs is 1. The molecule has 114 valence electrons. The average Bonchev–Trinajstić information content (AvgIpc) is 2.98. The second kappa shape index (κ2) is 5.49. The number of benzene rings is 1. The molecule has 2 atom stereocenters. The number of rotatable bonds is 4. The van der Waals surface area contributed by atoms with E-state index in [2.05, 4.69) is 57.3 Å². The van der Waals surface area contributed by atoms with Crippen molar-refractivity contribution in [1.29, 1.82) is 0 Å². The lowest BCUT2D eigenvalue weighted by atomic mass is 9.76. The molecule has 1 heterocycles. The van der Waals surface area contributed by atoms with Crippen molar-refractivity contribution < 1.29 is 4.42 Å². The SMILES string of the molecule is CCNC(c1cc2cc(C)ccc2o1)C1CCCC1(C)C. The van der Waals surface area contributed by atoms with Gasteiger partial charge in [-0.05, 0) is 55.8 Å². The van der Waals surface area contributed by atoms with Crippen LogP contribution in [0.3, 0.4) is 0 Å². The standard InChI is InChI=1S/C19H27NO/c1-5-20-18(15-7-6-10-19(15,3)4)17-12-14-11-13(2)8-9-16(14)21-17/h8-9,11-12,15,18,20H,5-7,10H2,1-4H3. The molecule has 1 fully saturated rings. The van der Waals surface area contributed by atoms with Crippen LogP contribution in [-0.2, 0) is 0 Å². The van der Waals surface area contributed by atoms with Crippen molar-refractivity contribution in [2.75, 3.05) is 6.54 Å². The van der Waals surface area contributed by atoms with Gasteiger partial charge in [-0.1, -0.05) is 38.8 Å². The van der Waals surface area contributed by atoms with Crippen molar-refractivity contribution in [3.8, 4) is 0 Å². The molecule has 1 aliphatic rings. The third-order valence-corrected chi connectivity index (χ3v) is 5.16. The molecular formula is C19H27NO. The second-order valence-corrected chi connectivity index (χ2v) is 7.21. The highest BCUT2D eigenvalue weighted by Crippen LogP contribution is 2.49. The molecule has 0 aliphatic heterocycles. The number of nitrogens with one attached hydrogen (secondary N) is 1. The highest BCUT2D eigenvalue weighted by Gasteiger charge is 2.41. The van der Waals surface area contributed by atoms with E-state index < -0.39 is 0 Å². The Kier molecular flexibility index (Phi) is 3.83. The van der Waals surface area contributed by atoms with Crippen LogP contribution < -0.4 is 5.32 Å². The molecule has 2 aromatic rings. The van der Waals surface area contributed by atoms with E-state index >= 15 is 0 Å². The molecular weight excluding hydrogens is 258 g/mol. The van der Waals surface area contributed by atoms with Gasteiger partial charge in [0.15, 0.2) is 0 Å². The summed E-state index contributed by atoms with van der Waals surface area (Å²) in [5, 5.41) is 4.90. The molecule has 0 saturated heterocycles. The molecule has 1 aromatic carbocycles. The lowest BCUT2D eigenvalue weighted by Gasteiger charge is -2.33. The highest BCUT2D eigenvalue weighted by atomic mass is 16.3. The summed E-state index contributed by atoms with van der Waals surface area (Å²) >= 11 is 0. The Morgan fingerprint density at radius 1 is 1.33 bits per heavy atom. The van der Waals surface area contributed by atoms with Gasteiger partial charge in [0.05, 0.1) is 6.04 Å². The maximum Gasteiger partial charge on any atom is 0.134 e. The minimum absolute atomic E-state index is 0.334. The molecule has 0 amide bonds. The lowest BCUT2D eigenvalue weighted by Crippen LogP contribution is -2.33. The fourth-order valence-corrected chi connectivity index (χ4v) is 3.97. The fourth-order valence-electron chi connectivity index (χ4n) is 3.97. The number of hydrogen-bond donors (Lipinski definition) is 1. The van der Waals surface area contributed by atoms with E-state index in [1.165, 1.54) is 30.2 Å². The average molecular weight is 285 g/mol. The van der Waals surface area contributed by atoms with Crippen molar-refractivity contribution >= 4 is 11.0 Å². The first-order chi connectivity index (χ1) is 10.0. The summed E-state index contributed by atoms with van der Waals surface area (Å²) in [4.78, 5) is 0. The zero-order chi connectivity index (χ0) is 15.0. The third-order valence-electron chi connectivity index (χ3n) is 5.16. The predicted octanol–water partition coefficient (Wildman–Crippen LogP) is 5.22. The first kappa shape index (κ1) is 14.6. The highest BCUT2D eigenvalue weighted by molar-refractivity contribution is 5.78. The molecule has 3 rings (SSSR count). The Hall–Kier alpha value is -1.28. The third kappa shape index (κ3) is 2.74. The van der Waals surface area contributed by atoms with Crippen molar-refractivity contribution in [1.82, 2.24) is 5.32 Å². The van der Waals surface area contributed by atoms with E-state index in [1.54, 1.807) is 0 Å². The first-order valence-electron chi connectivity index (χ1n) is 8.25. The summed E-state index contributed by atoms with van der Waals surface area (Å²) in [7, 11) is 0. The van der Waals surface area contributed by atoms with Crippen LogP contribution in [0.4, 0.5) is 0 Å². The Balaban J connectivity index is 1.99. The second-order valence-electron chi connectivity index (χ2n) is 7.21. The van der Waals surface area contributed by atoms with Crippen LogP contribution in [0.5, 0.6) is 0 Å². The van der Waals surface area contributed by atoms with Gasteiger partial charge in [-0.3, -0.25) is 0 Å². The molecule has 0 spiro atoms. The summed E-state index contributed by atoms with van der Waals surface area (Å²) in [6, 6.07) is 9.00. The Morgan fingerprint density at radius 2 is 2.14 bits per heavy atom. The molecule has 0 bridgehead atoms. The quantitative estimate of drug-likeness (QED) is 0.833. The van der Waals surface area contributed by atoms with Crippen LogP contribution in [0.15, 0.2) is 28.7 Å². The van der Waals surface area contributed by atoms with Gasteiger partial charge < -0.3 is 9.73 Å². The Labute approximate surface area is 127 Å². The van der Waals surface area contributed by atoms with Crippen molar-refractivity contribution in [3.05, 3.63) is 35.6 Å². The lowest BCUT2D eigenvalue weighted by molar-refractivity contribution is 0.184. The molecule has 1 N–H and O–H groups in total. The van der Waals surface area contributed by atoms with Gasteiger partial charge in [-0.2, -0.15) is 0 Å². The smallest absolute Gasteiger partial charge is 0.134 e. The number of aryl methyl sites for hydroxylation is 1. The van der Waals surface area contributed by atoms with E-state index in [0.717, 1.165) is 17.9 Å². The van der Waals surface area contributed by atoms with Crippen LogP contribution in [0.25, 0.3) is 11.0 Å². The molecule has 2 nitrogen and oxygen atoms in total. The minimum atomic E-state index is 0.334. The fraction of sp³-hybridized carbons (Fsp3) is 0.579. The maximum atomic E-state index is 6.18. The summed E-state index contributed by atoms with van der Waals surface area (Å²) in [5.41, 5.74) is 2.69. The van der Waals surface area contributed by atoms with Gasteiger partial charge in [-0.15, -0.1) is 0 Å². The van der Waals surface area contributed by atoms with E-state index in [9.17, 15) is 0 Å². The van der Waals surface area contributed by atoms with E-state index in [1.807, 2.05) is 0 Å². The predicted molar refractivity (Wildman–Crippen MR) is 88.5 cm³/mol. The molecule has 1 aliphatic carbocycles. The molecule has 2 unspecified atom stereocenters. The Bertz CT molecular complexity index is 626. The number of hydrogen-bond acceptors (Lipinski definition) is 2. The van der Waals surface area contributed by atoms with Crippen molar-refractivity contribution in [2.24, 2.45) is 11.3 Å². The largest absolute Gasteiger partial charge is 0.459 e. The van der Waals surface area contributed by atoms with Crippen LogP contribution in [-0.4, -0.2) is 6.54 Å². The Morgan fingerprint density at radius 3 is 2.81 bits per heavy atom. The zero-order valence-electron chi connectivity index (χ0n) is 13.7. The van der Waals surface area contributed by atoms with E-state index in [-0.39, 0.29) is 0 Å². The van der Waals surface area contributed by atoms with Crippen LogP contribution >= 0.6 is 0 Å².